The van der Waals surface area contributed by atoms with Gasteiger partial charge in [0, 0.05) is 6.42 Å². The highest BCUT2D eigenvalue weighted by molar-refractivity contribution is 5.83. The van der Waals surface area contributed by atoms with Crippen molar-refractivity contribution in [2.75, 3.05) is 0 Å². The van der Waals surface area contributed by atoms with Crippen molar-refractivity contribution in [1.82, 2.24) is 0 Å². The number of benzene rings is 1. The summed E-state index contributed by atoms with van der Waals surface area (Å²) in [4.78, 5) is 24.3. The lowest BCUT2D eigenvalue weighted by Gasteiger charge is -2.08. The first-order valence-electron chi connectivity index (χ1n) is 6.92. The predicted octanol–water partition coefficient (Wildman–Crippen LogP) is 3.68. The van der Waals surface area contributed by atoms with Gasteiger partial charge in [-0.1, -0.05) is 18.6 Å². The molecule has 3 aromatic rings. The van der Waals surface area contributed by atoms with Crippen LogP contribution in [0.4, 0.5) is 0 Å². The van der Waals surface area contributed by atoms with Gasteiger partial charge in [0.05, 0.1) is 11.6 Å². The molecule has 22 heavy (non-hydrogen) atoms. The molecule has 1 aromatic carbocycles. The fourth-order valence-electron chi connectivity index (χ4n) is 2.14. The van der Waals surface area contributed by atoms with Crippen LogP contribution in [0.15, 0.2) is 50.2 Å². The SMILES string of the molecule is CCC(=O)Oc1c(-c2ccco2)oc2ccc(C)cc2c1=O. The molecule has 0 N–H and O–H groups in total. The molecule has 0 bridgehead atoms. The van der Waals surface area contributed by atoms with Crippen LogP contribution in [0.5, 0.6) is 5.75 Å². The minimum Gasteiger partial charge on any atom is -0.461 e. The number of esters is 1. The van der Waals surface area contributed by atoms with Gasteiger partial charge >= 0.3 is 5.97 Å². The summed E-state index contributed by atoms with van der Waals surface area (Å²) in [6.07, 6.45) is 1.61. The number of fused-ring (bicyclic) bond motifs is 1. The average molecular weight is 298 g/mol. The largest absolute Gasteiger partial charge is 0.461 e. The minimum absolute atomic E-state index is 0.119. The summed E-state index contributed by atoms with van der Waals surface area (Å²) in [7, 11) is 0. The maximum atomic E-state index is 12.7. The molecule has 0 fully saturated rings. The van der Waals surface area contributed by atoms with Crippen molar-refractivity contribution in [3.05, 3.63) is 52.4 Å². The van der Waals surface area contributed by atoms with Gasteiger partial charge in [-0.3, -0.25) is 9.59 Å². The third kappa shape index (κ3) is 2.41. The van der Waals surface area contributed by atoms with E-state index in [4.69, 9.17) is 13.6 Å². The molecule has 3 rings (SSSR count). The number of carbonyl (C=O) groups is 1. The molecule has 2 aromatic heterocycles. The maximum Gasteiger partial charge on any atom is 0.311 e. The first-order chi connectivity index (χ1) is 10.6. The summed E-state index contributed by atoms with van der Waals surface area (Å²) < 4.78 is 16.2. The lowest BCUT2D eigenvalue weighted by molar-refractivity contribution is -0.134. The molecule has 0 aliphatic rings. The number of hydrogen-bond acceptors (Lipinski definition) is 5. The molecule has 0 saturated heterocycles. The number of aryl methyl sites for hydroxylation is 1. The van der Waals surface area contributed by atoms with E-state index in [1.54, 1.807) is 31.2 Å². The molecular weight excluding hydrogens is 284 g/mol. The Morgan fingerprint density at radius 1 is 1.27 bits per heavy atom. The normalized spacial score (nSPS) is 10.8. The fraction of sp³-hybridized carbons (Fsp3) is 0.176. The van der Waals surface area contributed by atoms with Crippen LogP contribution in [0.1, 0.15) is 18.9 Å². The molecule has 2 heterocycles. The average Bonchev–Trinajstić information content (AvgIpc) is 3.04. The van der Waals surface area contributed by atoms with Crippen molar-refractivity contribution in [2.24, 2.45) is 0 Å². The highest BCUT2D eigenvalue weighted by atomic mass is 16.5. The van der Waals surface area contributed by atoms with Gasteiger partial charge in [0.25, 0.3) is 0 Å². The van der Waals surface area contributed by atoms with Gasteiger partial charge < -0.3 is 13.6 Å². The van der Waals surface area contributed by atoms with Gasteiger partial charge in [-0.2, -0.15) is 0 Å². The third-order valence-corrected chi connectivity index (χ3v) is 3.25. The number of furan rings is 1. The Balaban J connectivity index is 2.32. The Morgan fingerprint density at radius 2 is 2.09 bits per heavy atom. The lowest BCUT2D eigenvalue weighted by Crippen LogP contribution is -2.15. The predicted molar refractivity (Wildman–Crippen MR) is 80.8 cm³/mol. The second-order valence-electron chi connectivity index (χ2n) is 4.89. The van der Waals surface area contributed by atoms with Crippen LogP contribution < -0.4 is 10.2 Å². The van der Waals surface area contributed by atoms with Crippen LogP contribution in [-0.4, -0.2) is 5.97 Å². The van der Waals surface area contributed by atoms with E-state index in [0.29, 0.717) is 16.7 Å². The van der Waals surface area contributed by atoms with Gasteiger partial charge in [0.2, 0.25) is 16.9 Å². The monoisotopic (exact) mass is 298 g/mol. The van der Waals surface area contributed by atoms with E-state index in [1.807, 2.05) is 13.0 Å². The molecule has 0 radical (unpaired) electrons. The zero-order valence-electron chi connectivity index (χ0n) is 12.2. The maximum absolute atomic E-state index is 12.7. The van der Waals surface area contributed by atoms with Gasteiger partial charge in [0.15, 0.2) is 5.76 Å². The molecule has 0 unspecified atom stereocenters. The van der Waals surface area contributed by atoms with Crippen molar-refractivity contribution in [2.45, 2.75) is 20.3 Å². The van der Waals surface area contributed by atoms with Gasteiger partial charge in [-0.05, 0) is 31.2 Å². The van der Waals surface area contributed by atoms with Crippen LogP contribution in [0, 0.1) is 6.92 Å². The summed E-state index contributed by atoms with van der Waals surface area (Å²) in [5, 5.41) is 0.370. The number of carbonyl (C=O) groups excluding carboxylic acids is 1. The number of ether oxygens (including phenoxy) is 1. The van der Waals surface area contributed by atoms with Crippen LogP contribution in [0.2, 0.25) is 0 Å². The Hall–Kier alpha value is -2.82. The van der Waals surface area contributed by atoms with Crippen molar-refractivity contribution >= 4 is 16.9 Å². The van der Waals surface area contributed by atoms with E-state index in [1.165, 1.54) is 6.26 Å². The summed E-state index contributed by atoms with van der Waals surface area (Å²) in [5.74, 6) is -0.196. The van der Waals surface area contributed by atoms with Crippen molar-refractivity contribution in [3.8, 4) is 17.3 Å². The number of hydrogen-bond donors (Lipinski definition) is 0. The Kier molecular flexibility index (Phi) is 3.55. The standard InChI is InChI=1S/C17H14O5/c1-3-14(18)22-17-15(19)11-9-10(2)6-7-12(11)21-16(17)13-5-4-8-20-13/h4-9H,3H2,1-2H3. The molecule has 0 atom stereocenters. The first-order valence-corrected chi connectivity index (χ1v) is 6.92. The third-order valence-electron chi connectivity index (χ3n) is 3.25. The molecule has 0 aliphatic heterocycles. The molecular formula is C17H14O5. The van der Waals surface area contributed by atoms with Gasteiger partial charge in [-0.25, -0.2) is 0 Å². The molecule has 5 nitrogen and oxygen atoms in total. The van der Waals surface area contributed by atoms with Crippen LogP contribution in [0.25, 0.3) is 22.5 Å². The minimum atomic E-state index is -0.507. The van der Waals surface area contributed by atoms with E-state index in [9.17, 15) is 9.59 Å². The fourth-order valence-corrected chi connectivity index (χ4v) is 2.14. The molecule has 5 heteroatoms. The zero-order valence-corrected chi connectivity index (χ0v) is 12.2. The molecule has 112 valence electrons. The number of rotatable bonds is 3. The first kappa shape index (κ1) is 14.1. The van der Waals surface area contributed by atoms with E-state index in [0.717, 1.165) is 5.56 Å². The lowest BCUT2D eigenvalue weighted by atomic mass is 10.1. The molecule has 0 saturated carbocycles. The summed E-state index contributed by atoms with van der Waals surface area (Å²) in [5.41, 5.74) is 0.940. The van der Waals surface area contributed by atoms with Crippen LogP contribution in [-0.2, 0) is 4.79 Å². The second-order valence-corrected chi connectivity index (χ2v) is 4.89. The molecule has 0 spiro atoms. The second kappa shape index (κ2) is 5.52. The van der Waals surface area contributed by atoms with E-state index >= 15 is 0 Å². The van der Waals surface area contributed by atoms with E-state index in [-0.39, 0.29) is 17.9 Å². The van der Waals surface area contributed by atoms with Crippen LogP contribution in [0.3, 0.4) is 0 Å². The Bertz CT molecular complexity index is 887. The van der Waals surface area contributed by atoms with Gasteiger partial charge in [-0.15, -0.1) is 0 Å². The Morgan fingerprint density at radius 3 is 2.77 bits per heavy atom. The summed E-state index contributed by atoms with van der Waals surface area (Å²) >= 11 is 0. The molecule has 0 amide bonds. The zero-order chi connectivity index (χ0) is 15.7. The van der Waals surface area contributed by atoms with E-state index in [2.05, 4.69) is 0 Å². The summed E-state index contributed by atoms with van der Waals surface area (Å²) in [6, 6.07) is 8.57. The smallest absolute Gasteiger partial charge is 0.311 e. The van der Waals surface area contributed by atoms with Crippen molar-refractivity contribution in [3.63, 3.8) is 0 Å². The highest BCUT2D eigenvalue weighted by Gasteiger charge is 2.21. The molecule has 0 aliphatic carbocycles. The van der Waals surface area contributed by atoms with Crippen molar-refractivity contribution in [1.29, 1.82) is 0 Å². The van der Waals surface area contributed by atoms with E-state index < -0.39 is 11.4 Å². The Labute approximate surface area is 126 Å². The quantitative estimate of drug-likeness (QED) is 0.690. The van der Waals surface area contributed by atoms with Crippen LogP contribution >= 0.6 is 0 Å². The highest BCUT2D eigenvalue weighted by Crippen LogP contribution is 2.31. The van der Waals surface area contributed by atoms with Gasteiger partial charge in [0.1, 0.15) is 5.58 Å². The topological polar surface area (TPSA) is 69.7 Å². The van der Waals surface area contributed by atoms with Crippen molar-refractivity contribution < 1.29 is 18.4 Å². The summed E-state index contributed by atoms with van der Waals surface area (Å²) in [6.45, 7) is 3.53.